The fourth-order valence-corrected chi connectivity index (χ4v) is 2.91. The van der Waals surface area contributed by atoms with Crippen LogP contribution in [0.1, 0.15) is 16.1 Å². The van der Waals surface area contributed by atoms with Crippen LogP contribution in [0.2, 0.25) is 0 Å². The van der Waals surface area contributed by atoms with Crippen LogP contribution in [0, 0.1) is 0 Å². The third kappa shape index (κ3) is 1.99. The smallest absolute Gasteiger partial charge is 0.0798 e. The molecule has 0 unspecified atom stereocenters. The van der Waals surface area contributed by atoms with Crippen molar-refractivity contribution in [2.75, 3.05) is 6.54 Å². The number of thiazole rings is 1. The Balaban J connectivity index is 1.71. The van der Waals surface area contributed by atoms with Crippen molar-refractivity contribution in [2.24, 2.45) is 0 Å². The second kappa shape index (κ2) is 4.31. The molecule has 3 rings (SSSR count). The van der Waals surface area contributed by atoms with Gasteiger partial charge < -0.3 is 0 Å². The highest BCUT2D eigenvalue weighted by molar-refractivity contribution is 7.09. The van der Waals surface area contributed by atoms with E-state index in [4.69, 9.17) is 0 Å². The molecule has 1 aliphatic rings. The zero-order valence-corrected chi connectivity index (χ0v) is 9.78. The van der Waals surface area contributed by atoms with E-state index in [1.807, 2.05) is 24.0 Å². The van der Waals surface area contributed by atoms with E-state index in [1.165, 1.54) is 16.1 Å². The predicted molar refractivity (Wildman–Crippen MR) is 64.2 cm³/mol. The minimum Gasteiger partial charge on any atom is -0.293 e. The van der Waals surface area contributed by atoms with Crippen LogP contribution in [-0.4, -0.2) is 21.4 Å². The van der Waals surface area contributed by atoms with Crippen LogP contribution >= 0.6 is 11.3 Å². The molecule has 0 saturated carbocycles. The number of aromatic nitrogens is 2. The molecule has 4 heteroatoms. The van der Waals surface area contributed by atoms with E-state index in [-0.39, 0.29) is 0 Å². The summed E-state index contributed by atoms with van der Waals surface area (Å²) in [5, 5.41) is 0. The van der Waals surface area contributed by atoms with Crippen molar-refractivity contribution in [2.45, 2.75) is 19.5 Å². The van der Waals surface area contributed by atoms with Crippen LogP contribution in [0.25, 0.3) is 0 Å². The lowest BCUT2D eigenvalue weighted by molar-refractivity contribution is 0.247. The van der Waals surface area contributed by atoms with Gasteiger partial charge in [0.1, 0.15) is 0 Å². The van der Waals surface area contributed by atoms with Crippen LogP contribution in [0.3, 0.4) is 0 Å². The number of hydrogen-bond donors (Lipinski definition) is 0. The molecule has 1 aliphatic heterocycles. The normalized spacial score (nSPS) is 16.0. The molecule has 0 bridgehead atoms. The Morgan fingerprint density at radius 1 is 1.44 bits per heavy atom. The van der Waals surface area contributed by atoms with Crippen LogP contribution in [0.4, 0.5) is 0 Å². The first-order valence-electron chi connectivity index (χ1n) is 5.44. The van der Waals surface area contributed by atoms with Gasteiger partial charge in [-0.25, -0.2) is 4.98 Å². The molecule has 2 aromatic heterocycles. The Morgan fingerprint density at radius 3 is 3.31 bits per heavy atom. The van der Waals surface area contributed by atoms with E-state index >= 15 is 0 Å². The van der Waals surface area contributed by atoms with Crippen molar-refractivity contribution in [1.29, 1.82) is 0 Å². The summed E-state index contributed by atoms with van der Waals surface area (Å²) in [5.41, 5.74) is 4.54. The lowest BCUT2D eigenvalue weighted by atomic mass is 10.1. The summed E-state index contributed by atoms with van der Waals surface area (Å²) >= 11 is 1.77. The van der Waals surface area contributed by atoms with Crippen LogP contribution < -0.4 is 0 Å². The van der Waals surface area contributed by atoms with E-state index in [1.54, 1.807) is 11.3 Å². The van der Waals surface area contributed by atoms with Crippen LogP contribution in [0.5, 0.6) is 0 Å². The zero-order chi connectivity index (χ0) is 10.8. The maximum atomic E-state index is 4.38. The maximum Gasteiger partial charge on any atom is 0.0798 e. The molecule has 82 valence electrons. The number of hydrogen-bond acceptors (Lipinski definition) is 4. The Labute approximate surface area is 98.8 Å². The fraction of sp³-hybridized carbons (Fsp3) is 0.333. The van der Waals surface area contributed by atoms with E-state index in [0.29, 0.717) is 0 Å². The lowest BCUT2D eigenvalue weighted by Gasteiger charge is -2.25. The minimum atomic E-state index is 0.991. The van der Waals surface area contributed by atoms with Crippen molar-refractivity contribution >= 4 is 11.3 Å². The van der Waals surface area contributed by atoms with E-state index in [2.05, 4.69) is 20.9 Å². The maximum absolute atomic E-state index is 4.38. The second-order valence-corrected chi connectivity index (χ2v) is 4.98. The molecule has 0 aromatic carbocycles. The molecular weight excluding hydrogens is 218 g/mol. The van der Waals surface area contributed by atoms with Gasteiger partial charge in [-0.3, -0.25) is 9.88 Å². The highest BCUT2D eigenvalue weighted by Gasteiger charge is 2.18. The first-order valence-corrected chi connectivity index (χ1v) is 6.32. The molecule has 3 nitrogen and oxygen atoms in total. The first kappa shape index (κ1) is 9.93. The van der Waals surface area contributed by atoms with Gasteiger partial charge in [-0.1, -0.05) is 6.07 Å². The quantitative estimate of drug-likeness (QED) is 0.792. The molecule has 0 radical (unpaired) electrons. The number of rotatable bonds is 2. The zero-order valence-electron chi connectivity index (χ0n) is 8.97. The van der Waals surface area contributed by atoms with Crippen molar-refractivity contribution < 1.29 is 0 Å². The van der Waals surface area contributed by atoms with Gasteiger partial charge in [0, 0.05) is 43.3 Å². The van der Waals surface area contributed by atoms with E-state index in [9.17, 15) is 0 Å². The first-order chi connectivity index (χ1) is 7.92. The molecule has 0 aliphatic carbocycles. The summed E-state index contributed by atoms with van der Waals surface area (Å²) in [4.78, 5) is 12.4. The average molecular weight is 231 g/mol. The minimum absolute atomic E-state index is 0.991. The summed E-state index contributed by atoms with van der Waals surface area (Å²) in [6.07, 6.45) is 4.85. The lowest BCUT2D eigenvalue weighted by Crippen LogP contribution is -2.29. The van der Waals surface area contributed by atoms with Gasteiger partial charge in [0.05, 0.1) is 11.2 Å². The van der Waals surface area contributed by atoms with Gasteiger partial charge >= 0.3 is 0 Å². The molecule has 0 saturated heterocycles. The van der Waals surface area contributed by atoms with Crippen molar-refractivity contribution in [3.05, 3.63) is 46.2 Å². The van der Waals surface area contributed by atoms with Crippen molar-refractivity contribution in [3.8, 4) is 0 Å². The average Bonchev–Trinajstić information content (AvgIpc) is 2.77. The summed E-state index contributed by atoms with van der Waals surface area (Å²) in [7, 11) is 0. The summed E-state index contributed by atoms with van der Waals surface area (Å²) in [6.45, 7) is 3.13. The number of fused-ring (bicyclic) bond motifs is 1. The number of pyridine rings is 1. The van der Waals surface area contributed by atoms with Crippen molar-refractivity contribution in [3.63, 3.8) is 0 Å². The molecule has 0 amide bonds. The van der Waals surface area contributed by atoms with Gasteiger partial charge in [-0.2, -0.15) is 0 Å². The highest BCUT2D eigenvalue weighted by Crippen LogP contribution is 2.22. The third-order valence-electron chi connectivity index (χ3n) is 2.89. The predicted octanol–water partition coefficient (Wildman–Crippen LogP) is 2.10. The second-order valence-electron chi connectivity index (χ2n) is 4.04. The summed E-state index contributed by atoms with van der Waals surface area (Å²) in [5.74, 6) is 0. The van der Waals surface area contributed by atoms with Gasteiger partial charge in [-0.15, -0.1) is 11.3 Å². The van der Waals surface area contributed by atoms with E-state index < -0.39 is 0 Å². The molecule has 0 N–H and O–H groups in total. The van der Waals surface area contributed by atoms with E-state index in [0.717, 1.165) is 26.1 Å². The Morgan fingerprint density at radius 2 is 2.44 bits per heavy atom. The van der Waals surface area contributed by atoms with Crippen LogP contribution in [-0.2, 0) is 19.5 Å². The fourth-order valence-electron chi connectivity index (χ4n) is 2.06. The SMILES string of the molecule is c1cncc(CN2CCc3ncsc3C2)c1. The molecular formula is C12H13N3S. The Hall–Kier alpha value is -1.26. The van der Waals surface area contributed by atoms with Gasteiger partial charge in [0.15, 0.2) is 0 Å². The molecule has 3 heterocycles. The van der Waals surface area contributed by atoms with Gasteiger partial charge in [0.2, 0.25) is 0 Å². The third-order valence-corrected chi connectivity index (χ3v) is 3.75. The summed E-state index contributed by atoms with van der Waals surface area (Å²) in [6, 6.07) is 4.13. The molecule has 16 heavy (non-hydrogen) atoms. The Bertz CT molecular complexity index is 466. The summed E-state index contributed by atoms with van der Waals surface area (Å²) < 4.78 is 0. The largest absolute Gasteiger partial charge is 0.293 e. The van der Waals surface area contributed by atoms with Crippen molar-refractivity contribution in [1.82, 2.24) is 14.9 Å². The monoisotopic (exact) mass is 231 g/mol. The molecule has 2 aromatic rings. The molecule has 0 atom stereocenters. The highest BCUT2D eigenvalue weighted by atomic mass is 32.1. The number of nitrogens with zero attached hydrogens (tertiary/aromatic N) is 3. The molecule has 0 spiro atoms. The van der Waals surface area contributed by atoms with Gasteiger partial charge in [0.25, 0.3) is 0 Å². The van der Waals surface area contributed by atoms with Crippen LogP contribution in [0.15, 0.2) is 30.0 Å². The Kier molecular flexibility index (Phi) is 2.68. The topological polar surface area (TPSA) is 29.0 Å². The molecule has 0 fully saturated rings. The standard InChI is InChI=1S/C12H13N3S/c1-2-10(6-13-4-1)7-15-5-3-11-12(8-15)16-9-14-11/h1-2,4,6,9H,3,5,7-8H2. The van der Waals surface area contributed by atoms with Gasteiger partial charge in [-0.05, 0) is 11.6 Å².